The van der Waals surface area contributed by atoms with Crippen LogP contribution in [0, 0.1) is 0 Å². The third-order valence-electron chi connectivity index (χ3n) is 1.90. The maximum atomic E-state index is 6.02. The normalized spacial score (nSPS) is 11.6. The van der Waals surface area contributed by atoms with Gasteiger partial charge >= 0.3 is 8.56 Å². The zero-order chi connectivity index (χ0) is 12.2. The van der Waals surface area contributed by atoms with E-state index in [2.05, 4.69) is 6.92 Å². The highest BCUT2D eigenvalue weighted by atomic mass is 35.5. The predicted molar refractivity (Wildman–Crippen MR) is 70.8 cm³/mol. The van der Waals surface area contributed by atoms with Crippen molar-refractivity contribution in [2.75, 3.05) is 6.61 Å². The fraction of sp³-hybridized carbons (Fsp3) is 0.455. The van der Waals surface area contributed by atoms with E-state index < -0.39 is 8.56 Å². The van der Waals surface area contributed by atoms with Crippen molar-refractivity contribution in [3.05, 3.63) is 28.2 Å². The van der Waals surface area contributed by atoms with E-state index in [1.165, 1.54) is 0 Å². The Hall–Kier alpha value is -0.223. The molecule has 1 aromatic rings. The summed E-state index contributed by atoms with van der Waals surface area (Å²) >= 11 is 11.9. The van der Waals surface area contributed by atoms with Gasteiger partial charge in [0.25, 0.3) is 0 Å². The minimum Gasteiger partial charge on any atom is -0.519 e. The van der Waals surface area contributed by atoms with E-state index in [1.807, 2.05) is 13.1 Å². The van der Waals surface area contributed by atoms with Crippen LogP contribution in [0.1, 0.15) is 13.3 Å². The molecule has 0 aliphatic rings. The van der Waals surface area contributed by atoms with E-state index in [0.717, 1.165) is 6.42 Å². The molecule has 0 radical (unpaired) electrons. The van der Waals surface area contributed by atoms with Gasteiger partial charge in [-0.2, -0.15) is 0 Å². The average Bonchev–Trinajstić information content (AvgIpc) is 2.20. The summed E-state index contributed by atoms with van der Waals surface area (Å²) in [5.74, 6) is 0.599. The Morgan fingerprint density at radius 3 is 2.56 bits per heavy atom. The van der Waals surface area contributed by atoms with Crippen molar-refractivity contribution >= 4 is 31.8 Å². The lowest BCUT2D eigenvalue weighted by Crippen LogP contribution is -2.38. The Bertz CT molecular complexity index is 356. The lowest BCUT2D eigenvalue weighted by Gasteiger charge is -2.24. The van der Waals surface area contributed by atoms with Gasteiger partial charge < -0.3 is 8.85 Å². The first-order chi connectivity index (χ1) is 7.44. The fourth-order valence-electron chi connectivity index (χ4n) is 1.20. The Kier molecular flexibility index (Phi) is 5.12. The summed E-state index contributed by atoms with van der Waals surface area (Å²) in [6.07, 6.45) is 0.975. The summed E-state index contributed by atoms with van der Waals surface area (Å²) < 4.78 is 11.5. The van der Waals surface area contributed by atoms with Crippen molar-refractivity contribution in [3.63, 3.8) is 0 Å². The van der Waals surface area contributed by atoms with Gasteiger partial charge in [-0.3, -0.25) is 0 Å². The van der Waals surface area contributed by atoms with Crippen LogP contribution in [-0.4, -0.2) is 15.2 Å². The largest absolute Gasteiger partial charge is 0.519 e. The van der Waals surface area contributed by atoms with Crippen molar-refractivity contribution in [1.29, 1.82) is 0 Å². The van der Waals surface area contributed by atoms with Crippen LogP contribution in [0.5, 0.6) is 5.75 Å². The van der Waals surface area contributed by atoms with Crippen LogP contribution < -0.4 is 4.43 Å². The van der Waals surface area contributed by atoms with E-state index in [0.29, 0.717) is 22.4 Å². The third-order valence-corrected chi connectivity index (χ3v) is 4.06. The molecule has 0 unspecified atom stereocenters. The topological polar surface area (TPSA) is 18.5 Å². The SMILES string of the molecule is CCCO[Si](C)(C)Oc1cc(Cl)ccc1Cl. The molecule has 0 bridgehead atoms. The van der Waals surface area contributed by atoms with Crippen molar-refractivity contribution in [2.24, 2.45) is 0 Å². The minimum absolute atomic E-state index is 0.560. The standard InChI is InChI=1S/C11H16Cl2O2Si/c1-4-7-14-16(2,3)15-11-8-9(12)5-6-10(11)13/h5-6,8H,4,7H2,1-3H3. The molecule has 0 saturated heterocycles. The molecule has 0 heterocycles. The van der Waals surface area contributed by atoms with Gasteiger partial charge in [0.05, 0.1) is 5.02 Å². The van der Waals surface area contributed by atoms with Gasteiger partial charge in [0.2, 0.25) is 0 Å². The number of rotatable bonds is 5. The molecular weight excluding hydrogens is 263 g/mol. The molecule has 0 amide bonds. The van der Waals surface area contributed by atoms with E-state index >= 15 is 0 Å². The molecule has 0 aliphatic carbocycles. The van der Waals surface area contributed by atoms with Crippen molar-refractivity contribution < 1.29 is 8.85 Å². The molecule has 16 heavy (non-hydrogen) atoms. The minimum atomic E-state index is -2.16. The maximum Gasteiger partial charge on any atom is 0.392 e. The molecule has 1 rings (SSSR count). The third kappa shape index (κ3) is 4.34. The van der Waals surface area contributed by atoms with E-state index in [9.17, 15) is 0 Å². The van der Waals surface area contributed by atoms with Gasteiger partial charge in [0.15, 0.2) is 0 Å². The zero-order valence-corrected chi connectivity index (χ0v) is 12.2. The highest BCUT2D eigenvalue weighted by Gasteiger charge is 2.27. The number of halogens is 2. The van der Waals surface area contributed by atoms with Crippen molar-refractivity contribution in [3.8, 4) is 5.75 Å². The van der Waals surface area contributed by atoms with E-state index in [1.54, 1.807) is 18.2 Å². The lowest BCUT2D eigenvalue weighted by atomic mass is 10.3. The predicted octanol–water partition coefficient (Wildman–Crippen LogP) is 4.50. The lowest BCUT2D eigenvalue weighted by molar-refractivity contribution is 0.248. The van der Waals surface area contributed by atoms with Crippen LogP contribution in [0.15, 0.2) is 18.2 Å². The van der Waals surface area contributed by atoms with Gasteiger partial charge in [-0.15, -0.1) is 0 Å². The van der Waals surface area contributed by atoms with Crippen LogP contribution in [0.4, 0.5) is 0 Å². The highest BCUT2D eigenvalue weighted by molar-refractivity contribution is 6.65. The first kappa shape index (κ1) is 13.8. The maximum absolute atomic E-state index is 6.02. The molecule has 0 atom stereocenters. The number of hydrogen-bond donors (Lipinski definition) is 0. The van der Waals surface area contributed by atoms with Gasteiger partial charge in [-0.1, -0.05) is 30.1 Å². The van der Waals surface area contributed by atoms with Gasteiger partial charge in [-0.25, -0.2) is 0 Å². The summed E-state index contributed by atoms with van der Waals surface area (Å²) in [7, 11) is -2.16. The molecule has 0 aromatic heterocycles. The molecular formula is C11H16Cl2O2Si. The zero-order valence-electron chi connectivity index (χ0n) is 9.72. The smallest absolute Gasteiger partial charge is 0.392 e. The number of benzene rings is 1. The van der Waals surface area contributed by atoms with Crippen molar-refractivity contribution in [2.45, 2.75) is 26.4 Å². The summed E-state index contributed by atoms with van der Waals surface area (Å²) in [6.45, 7) is 6.74. The van der Waals surface area contributed by atoms with E-state index in [-0.39, 0.29) is 0 Å². The van der Waals surface area contributed by atoms with Gasteiger partial charge in [0, 0.05) is 11.6 Å². The second-order valence-electron chi connectivity index (χ2n) is 3.93. The molecule has 1 aromatic carbocycles. The summed E-state index contributed by atoms with van der Waals surface area (Å²) in [4.78, 5) is 0. The quantitative estimate of drug-likeness (QED) is 0.739. The second kappa shape index (κ2) is 5.91. The fourth-order valence-corrected chi connectivity index (χ4v) is 3.03. The van der Waals surface area contributed by atoms with Crippen LogP contribution in [0.3, 0.4) is 0 Å². The Labute approximate surface area is 108 Å². The molecule has 90 valence electrons. The second-order valence-corrected chi connectivity index (χ2v) is 8.06. The van der Waals surface area contributed by atoms with E-state index in [4.69, 9.17) is 32.1 Å². The monoisotopic (exact) mass is 278 g/mol. The van der Waals surface area contributed by atoms with Gasteiger partial charge in [0.1, 0.15) is 5.75 Å². The van der Waals surface area contributed by atoms with Crippen LogP contribution in [0.2, 0.25) is 23.1 Å². The number of hydrogen-bond acceptors (Lipinski definition) is 2. The van der Waals surface area contributed by atoms with Crippen molar-refractivity contribution in [1.82, 2.24) is 0 Å². The summed E-state index contributed by atoms with van der Waals surface area (Å²) in [5.41, 5.74) is 0. The Morgan fingerprint density at radius 2 is 1.94 bits per heavy atom. The molecule has 0 saturated carbocycles. The van der Waals surface area contributed by atoms with Gasteiger partial charge in [-0.05, 0) is 37.7 Å². The Balaban J connectivity index is 2.74. The Morgan fingerprint density at radius 1 is 1.25 bits per heavy atom. The molecule has 2 nitrogen and oxygen atoms in total. The molecule has 0 fully saturated rings. The van der Waals surface area contributed by atoms with Crippen LogP contribution in [-0.2, 0) is 4.43 Å². The highest BCUT2D eigenvalue weighted by Crippen LogP contribution is 2.30. The molecule has 0 spiro atoms. The average molecular weight is 279 g/mol. The first-order valence-corrected chi connectivity index (χ1v) is 8.80. The molecule has 0 aliphatic heterocycles. The summed E-state index contributed by atoms with van der Waals surface area (Å²) in [6, 6.07) is 5.18. The van der Waals surface area contributed by atoms with Crippen LogP contribution >= 0.6 is 23.2 Å². The molecule has 5 heteroatoms. The molecule has 0 N–H and O–H groups in total. The first-order valence-electron chi connectivity index (χ1n) is 5.22. The summed E-state index contributed by atoms with van der Waals surface area (Å²) in [5, 5.41) is 1.17. The van der Waals surface area contributed by atoms with Crippen LogP contribution in [0.25, 0.3) is 0 Å².